The van der Waals surface area contributed by atoms with E-state index in [0.29, 0.717) is 0 Å². The molecule has 1 heterocycles. The molecule has 282 valence electrons. The van der Waals surface area contributed by atoms with Gasteiger partial charge in [-0.1, -0.05) is 205 Å². The maximum Gasteiger partial charge on any atom is 0.0430 e. The highest BCUT2D eigenvalue weighted by molar-refractivity contribution is 7.17. The highest BCUT2D eigenvalue weighted by Gasteiger charge is 2.41. The Labute approximate surface area is 347 Å². The third-order valence-electron chi connectivity index (χ3n) is 14.1. The smallest absolute Gasteiger partial charge is 0.0430 e. The predicted molar refractivity (Wildman–Crippen MR) is 246 cm³/mol. The zero-order valence-electron chi connectivity index (χ0n) is 34.3. The first kappa shape index (κ1) is 35.4. The molecule has 58 heavy (non-hydrogen) atoms. The van der Waals surface area contributed by atoms with Crippen molar-refractivity contribution in [2.75, 3.05) is 0 Å². The molecule has 1 atom stereocenters. The quantitative estimate of drug-likeness (QED) is 0.158. The van der Waals surface area contributed by atoms with Crippen molar-refractivity contribution in [2.24, 2.45) is 0 Å². The number of fused-ring (bicyclic) bond motifs is 9. The predicted octanol–water partition coefficient (Wildman–Crippen LogP) is 15.4. The highest BCUT2D eigenvalue weighted by atomic mass is 32.1. The molecular formula is C57H48S. The largest absolute Gasteiger partial charge is 0.138 e. The molecule has 1 aromatic heterocycles. The van der Waals surface area contributed by atoms with Crippen LogP contribution < -0.4 is 0 Å². The molecule has 11 rings (SSSR count). The summed E-state index contributed by atoms with van der Waals surface area (Å²) < 4.78 is 0. The van der Waals surface area contributed by atoms with Crippen molar-refractivity contribution in [1.29, 1.82) is 0 Å². The molecule has 1 unspecified atom stereocenters. The lowest BCUT2D eigenvalue weighted by atomic mass is 9.78. The van der Waals surface area contributed by atoms with Crippen LogP contribution in [0.1, 0.15) is 96.8 Å². The average molecular weight is 765 g/mol. The zero-order valence-corrected chi connectivity index (χ0v) is 35.1. The minimum atomic E-state index is -0.0649. The van der Waals surface area contributed by atoms with Gasteiger partial charge in [0.25, 0.3) is 0 Å². The Bertz CT molecular complexity index is 2950. The van der Waals surface area contributed by atoms with E-state index in [2.05, 4.69) is 205 Å². The van der Waals surface area contributed by atoms with E-state index in [0.717, 1.165) is 6.42 Å². The summed E-state index contributed by atoms with van der Waals surface area (Å²) >= 11 is 1.99. The fourth-order valence-electron chi connectivity index (χ4n) is 11.0. The molecule has 3 aliphatic rings. The second-order valence-corrected chi connectivity index (χ2v) is 19.5. The van der Waals surface area contributed by atoms with Crippen LogP contribution in [0.5, 0.6) is 0 Å². The minimum Gasteiger partial charge on any atom is -0.138 e. The standard InChI is InChI=1S/C57H48S/c1-55(2)47-25-14-11-22-41(47)45-33-37(28-30-49(45)55)44(38-27-29-42-40-21-10-13-24-46(40)56(3,4)50(42)34-38)32-35-17-16-20-39(31-35)51-52-43-23-12-15-26-48(43)57(5,6)54(52)58-53(51)36-18-8-7-9-19-36/h7-31,33-34,44H,32H2,1-6H3. The van der Waals surface area contributed by atoms with Crippen molar-refractivity contribution in [3.63, 3.8) is 0 Å². The molecule has 0 aliphatic heterocycles. The van der Waals surface area contributed by atoms with Gasteiger partial charge in [0.05, 0.1) is 0 Å². The van der Waals surface area contributed by atoms with E-state index in [1.54, 1.807) is 0 Å². The van der Waals surface area contributed by atoms with E-state index < -0.39 is 0 Å². The molecule has 1 heteroatoms. The monoisotopic (exact) mass is 764 g/mol. The van der Waals surface area contributed by atoms with Gasteiger partial charge in [-0.25, -0.2) is 0 Å². The van der Waals surface area contributed by atoms with E-state index in [-0.39, 0.29) is 22.2 Å². The number of hydrogen-bond acceptors (Lipinski definition) is 1. The van der Waals surface area contributed by atoms with Crippen LogP contribution in [-0.2, 0) is 22.7 Å². The van der Waals surface area contributed by atoms with Crippen LogP contribution in [0.2, 0.25) is 0 Å². The van der Waals surface area contributed by atoms with Crippen LogP contribution in [0.3, 0.4) is 0 Å². The molecule has 0 nitrogen and oxygen atoms in total. The Morgan fingerprint density at radius 2 is 0.931 bits per heavy atom. The molecule has 0 saturated carbocycles. The van der Waals surface area contributed by atoms with Crippen molar-refractivity contribution in [2.45, 2.75) is 70.1 Å². The van der Waals surface area contributed by atoms with Gasteiger partial charge in [-0.05, 0) is 89.9 Å². The van der Waals surface area contributed by atoms with Crippen LogP contribution in [0, 0.1) is 0 Å². The summed E-state index contributed by atoms with van der Waals surface area (Å²) in [5.41, 5.74) is 23.4. The van der Waals surface area contributed by atoms with Crippen LogP contribution in [0.15, 0.2) is 164 Å². The maximum absolute atomic E-state index is 2.55. The molecule has 0 N–H and O–H groups in total. The second kappa shape index (κ2) is 12.6. The fraction of sp³-hybridized carbons (Fsp3) is 0.193. The Hall–Kier alpha value is -5.76. The Morgan fingerprint density at radius 1 is 0.397 bits per heavy atom. The zero-order chi connectivity index (χ0) is 39.6. The summed E-state index contributed by atoms with van der Waals surface area (Å²) in [7, 11) is 0. The van der Waals surface area contributed by atoms with E-state index in [1.807, 2.05) is 11.3 Å². The lowest BCUT2D eigenvalue weighted by Crippen LogP contribution is -2.16. The number of hydrogen-bond donors (Lipinski definition) is 0. The number of rotatable bonds is 6. The van der Waals surface area contributed by atoms with Gasteiger partial charge in [0.1, 0.15) is 0 Å². The molecule has 3 aliphatic carbocycles. The minimum absolute atomic E-state index is 0.0257. The van der Waals surface area contributed by atoms with Crippen molar-refractivity contribution in [3.8, 4) is 54.9 Å². The second-order valence-electron chi connectivity index (χ2n) is 18.5. The highest BCUT2D eigenvalue weighted by Crippen LogP contribution is 2.59. The van der Waals surface area contributed by atoms with Gasteiger partial charge in [-0.15, -0.1) is 11.3 Å². The summed E-state index contributed by atoms with van der Waals surface area (Å²) in [6.45, 7) is 14.4. The van der Waals surface area contributed by atoms with Gasteiger partial charge in [0.2, 0.25) is 0 Å². The molecule has 0 bridgehead atoms. The van der Waals surface area contributed by atoms with Gasteiger partial charge >= 0.3 is 0 Å². The van der Waals surface area contributed by atoms with Gasteiger partial charge < -0.3 is 0 Å². The molecule has 0 amide bonds. The molecule has 0 spiro atoms. The van der Waals surface area contributed by atoms with Crippen LogP contribution in [0.4, 0.5) is 0 Å². The van der Waals surface area contributed by atoms with Crippen LogP contribution in [-0.4, -0.2) is 0 Å². The molecule has 8 aromatic rings. The lowest BCUT2D eigenvalue weighted by Gasteiger charge is -2.25. The van der Waals surface area contributed by atoms with E-state index >= 15 is 0 Å². The maximum atomic E-state index is 2.55. The van der Waals surface area contributed by atoms with Crippen LogP contribution >= 0.6 is 11.3 Å². The van der Waals surface area contributed by atoms with E-state index in [4.69, 9.17) is 0 Å². The third kappa shape index (κ3) is 5.05. The van der Waals surface area contributed by atoms with Crippen molar-refractivity contribution < 1.29 is 0 Å². The van der Waals surface area contributed by atoms with Crippen LogP contribution in [0.25, 0.3) is 54.9 Å². The number of thiophene rings is 1. The number of benzene rings is 7. The topological polar surface area (TPSA) is 0 Å². The first-order valence-electron chi connectivity index (χ1n) is 20.9. The lowest BCUT2D eigenvalue weighted by molar-refractivity contribution is 0.656. The summed E-state index contributed by atoms with van der Waals surface area (Å²) in [4.78, 5) is 2.83. The Kier molecular flexibility index (Phi) is 7.70. The summed E-state index contributed by atoms with van der Waals surface area (Å²) in [6.07, 6.45) is 0.902. The van der Waals surface area contributed by atoms with Crippen molar-refractivity contribution >= 4 is 11.3 Å². The summed E-state index contributed by atoms with van der Waals surface area (Å²) in [6, 6.07) is 62.5. The van der Waals surface area contributed by atoms with Gasteiger partial charge in [-0.2, -0.15) is 0 Å². The Morgan fingerprint density at radius 3 is 1.66 bits per heavy atom. The van der Waals surface area contributed by atoms with Gasteiger partial charge in [0.15, 0.2) is 0 Å². The first-order valence-corrected chi connectivity index (χ1v) is 21.8. The molecule has 7 aromatic carbocycles. The fourth-order valence-corrected chi connectivity index (χ4v) is 12.4. The first-order chi connectivity index (χ1) is 28.0. The summed E-state index contributed by atoms with van der Waals surface area (Å²) in [5.74, 6) is 0.169. The van der Waals surface area contributed by atoms with Gasteiger partial charge in [-0.3, -0.25) is 0 Å². The third-order valence-corrected chi connectivity index (χ3v) is 15.6. The Balaban J connectivity index is 1.08. The van der Waals surface area contributed by atoms with E-state index in [1.165, 1.54) is 104 Å². The molecular weight excluding hydrogens is 717 g/mol. The van der Waals surface area contributed by atoms with Gasteiger partial charge in [0, 0.05) is 43.0 Å². The summed E-state index contributed by atoms with van der Waals surface area (Å²) in [5, 5.41) is 0. The molecule has 0 saturated heterocycles. The van der Waals surface area contributed by atoms with Crippen molar-refractivity contribution in [3.05, 3.63) is 213 Å². The van der Waals surface area contributed by atoms with Crippen molar-refractivity contribution in [1.82, 2.24) is 0 Å². The molecule has 0 radical (unpaired) electrons. The SMILES string of the molecule is CC1(C)c2ccccc2-c2cc(C(Cc3cccc(-c4c(-c5ccccc5)sc5c4-c4ccccc4C5(C)C)c3)c3ccc4c(c3)C(C)(C)c3ccccc3-4)ccc21. The average Bonchev–Trinajstić information content (AvgIpc) is 3.90. The normalized spacial score (nSPS) is 16.2. The molecule has 0 fully saturated rings. The van der Waals surface area contributed by atoms with E-state index in [9.17, 15) is 0 Å².